The van der Waals surface area contributed by atoms with E-state index < -0.39 is 5.97 Å². The van der Waals surface area contributed by atoms with E-state index in [0.29, 0.717) is 5.75 Å². The van der Waals surface area contributed by atoms with Crippen molar-refractivity contribution in [1.29, 1.82) is 0 Å². The van der Waals surface area contributed by atoms with Gasteiger partial charge in [-0.05, 0) is 25.1 Å². The number of benzene rings is 1. The number of carbonyl (C=O) groups is 2. The Bertz CT molecular complexity index is 698. The Balaban J connectivity index is 2.34. The number of ether oxygens (including phenoxy) is 1. The van der Waals surface area contributed by atoms with Gasteiger partial charge in [-0.1, -0.05) is 11.6 Å². The number of aryl methyl sites for hydroxylation is 1. The molecule has 21 heavy (non-hydrogen) atoms. The number of nitrogens with zero attached hydrogens (tertiary/aromatic N) is 1. The molecule has 2 N–H and O–H groups in total. The average molecular weight is 286 g/mol. The molecule has 1 amide bonds. The minimum atomic E-state index is -1.07. The molecule has 2 aromatic rings. The smallest absolute Gasteiger partial charge is 0.339 e. The Labute approximate surface area is 121 Å². The molecule has 0 saturated carbocycles. The molecular weight excluding hydrogens is 272 g/mol. The monoisotopic (exact) mass is 286 g/mol. The van der Waals surface area contributed by atoms with Gasteiger partial charge in [0.1, 0.15) is 22.8 Å². The summed E-state index contributed by atoms with van der Waals surface area (Å²) in [5.74, 6) is -0.866. The third-order valence-electron chi connectivity index (χ3n) is 2.78. The van der Waals surface area contributed by atoms with Crippen molar-refractivity contribution in [2.75, 3.05) is 7.05 Å². The summed E-state index contributed by atoms with van der Waals surface area (Å²) in [4.78, 5) is 26.7. The molecular formula is C15H14N2O4. The van der Waals surface area contributed by atoms with Gasteiger partial charge in [0.25, 0.3) is 5.91 Å². The predicted molar refractivity (Wildman–Crippen MR) is 75.8 cm³/mol. The van der Waals surface area contributed by atoms with Crippen LogP contribution in [0.2, 0.25) is 0 Å². The number of hydrogen-bond acceptors (Lipinski definition) is 4. The van der Waals surface area contributed by atoms with Crippen molar-refractivity contribution in [2.45, 2.75) is 6.92 Å². The van der Waals surface area contributed by atoms with Gasteiger partial charge in [0.15, 0.2) is 0 Å². The maximum absolute atomic E-state index is 11.5. The van der Waals surface area contributed by atoms with Crippen molar-refractivity contribution in [3.05, 3.63) is 53.3 Å². The van der Waals surface area contributed by atoms with Crippen LogP contribution in [0.3, 0.4) is 0 Å². The average Bonchev–Trinajstić information content (AvgIpc) is 2.48. The summed E-state index contributed by atoms with van der Waals surface area (Å²) >= 11 is 0. The minimum Gasteiger partial charge on any atom is -0.478 e. The first-order valence-corrected chi connectivity index (χ1v) is 6.21. The summed E-state index contributed by atoms with van der Waals surface area (Å²) in [6.45, 7) is 1.80. The highest BCUT2D eigenvalue weighted by molar-refractivity contribution is 5.92. The lowest BCUT2D eigenvalue weighted by atomic mass is 10.1. The predicted octanol–water partition coefficient (Wildman–Crippen LogP) is 2.24. The van der Waals surface area contributed by atoms with Gasteiger partial charge in [-0.3, -0.25) is 9.78 Å². The molecule has 0 radical (unpaired) electrons. The van der Waals surface area contributed by atoms with E-state index in [1.807, 2.05) is 0 Å². The lowest BCUT2D eigenvalue weighted by molar-refractivity contribution is 0.0693. The van der Waals surface area contributed by atoms with Crippen LogP contribution in [0.15, 0.2) is 36.5 Å². The number of carboxylic acids is 1. The van der Waals surface area contributed by atoms with E-state index in [0.717, 1.165) is 5.56 Å². The summed E-state index contributed by atoms with van der Waals surface area (Å²) < 4.78 is 5.56. The standard InChI is InChI=1S/C15H14N2O4/c1-9-3-4-13(11(7-9)15(19)20)21-10-5-6-17-12(8-10)14(18)16-2/h3-8H,1-2H3,(H,16,18)(H,19,20). The molecule has 1 heterocycles. The van der Waals surface area contributed by atoms with Crippen LogP contribution in [0.5, 0.6) is 11.5 Å². The molecule has 2 rings (SSSR count). The van der Waals surface area contributed by atoms with Gasteiger partial charge < -0.3 is 15.2 Å². The molecule has 1 aromatic heterocycles. The lowest BCUT2D eigenvalue weighted by Crippen LogP contribution is -2.19. The molecule has 0 spiro atoms. The zero-order chi connectivity index (χ0) is 15.4. The van der Waals surface area contributed by atoms with Gasteiger partial charge in [-0.25, -0.2) is 4.79 Å². The van der Waals surface area contributed by atoms with Crippen LogP contribution in [0.1, 0.15) is 26.4 Å². The first-order valence-electron chi connectivity index (χ1n) is 6.21. The number of aromatic nitrogens is 1. The van der Waals surface area contributed by atoms with Crippen LogP contribution >= 0.6 is 0 Å². The summed E-state index contributed by atoms with van der Waals surface area (Å²) in [6, 6.07) is 7.86. The van der Waals surface area contributed by atoms with Crippen molar-refractivity contribution in [2.24, 2.45) is 0 Å². The number of amides is 1. The van der Waals surface area contributed by atoms with E-state index >= 15 is 0 Å². The second-order valence-corrected chi connectivity index (χ2v) is 4.36. The molecule has 0 aliphatic carbocycles. The van der Waals surface area contributed by atoms with Gasteiger partial charge in [-0.15, -0.1) is 0 Å². The molecule has 1 aromatic carbocycles. The lowest BCUT2D eigenvalue weighted by Gasteiger charge is -2.10. The van der Waals surface area contributed by atoms with E-state index in [-0.39, 0.29) is 22.9 Å². The van der Waals surface area contributed by atoms with E-state index in [2.05, 4.69) is 10.3 Å². The molecule has 0 atom stereocenters. The number of pyridine rings is 1. The molecule has 6 heteroatoms. The van der Waals surface area contributed by atoms with Gasteiger partial charge in [0, 0.05) is 19.3 Å². The van der Waals surface area contributed by atoms with Crippen LogP contribution in [0.25, 0.3) is 0 Å². The van der Waals surface area contributed by atoms with Crippen LogP contribution in [-0.4, -0.2) is 29.0 Å². The second kappa shape index (κ2) is 6.04. The molecule has 6 nitrogen and oxygen atoms in total. The Morgan fingerprint density at radius 2 is 2.00 bits per heavy atom. The number of nitrogens with one attached hydrogen (secondary N) is 1. The van der Waals surface area contributed by atoms with Crippen LogP contribution in [0.4, 0.5) is 0 Å². The maximum Gasteiger partial charge on any atom is 0.339 e. The SMILES string of the molecule is CNC(=O)c1cc(Oc2ccc(C)cc2C(=O)O)ccn1. The highest BCUT2D eigenvalue weighted by Gasteiger charge is 2.13. The Morgan fingerprint density at radius 1 is 1.24 bits per heavy atom. The molecule has 0 aliphatic heterocycles. The van der Waals surface area contributed by atoms with Crippen LogP contribution < -0.4 is 10.1 Å². The van der Waals surface area contributed by atoms with Gasteiger partial charge in [-0.2, -0.15) is 0 Å². The first kappa shape index (κ1) is 14.5. The second-order valence-electron chi connectivity index (χ2n) is 4.36. The summed E-state index contributed by atoms with van der Waals surface area (Å²) in [6.07, 6.45) is 1.43. The number of carboxylic acid groups (broad SMARTS) is 1. The topological polar surface area (TPSA) is 88.5 Å². The number of aromatic carboxylic acids is 1. The third kappa shape index (κ3) is 3.36. The van der Waals surface area contributed by atoms with E-state index in [1.165, 1.54) is 25.4 Å². The summed E-state index contributed by atoms with van der Waals surface area (Å²) in [5, 5.41) is 11.7. The largest absolute Gasteiger partial charge is 0.478 e. The third-order valence-corrected chi connectivity index (χ3v) is 2.78. The van der Waals surface area contributed by atoms with Crippen molar-refractivity contribution in [1.82, 2.24) is 10.3 Å². The van der Waals surface area contributed by atoms with Crippen LogP contribution in [0, 0.1) is 6.92 Å². The fourth-order valence-electron chi connectivity index (χ4n) is 1.75. The van der Waals surface area contributed by atoms with Crippen molar-refractivity contribution < 1.29 is 19.4 Å². The van der Waals surface area contributed by atoms with Crippen LogP contribution in [-0.2, 0) is 0 Å². The van der Waals surface area contributed by atoms with Gasteiger partial charge in [0.2, 0.25) is 0 Å². The highest BCUT2D eigenvalue weighted by Crippen LogP contribution is 2.26. The zero-order valence-electron chi connectivity index (χ0n) is 11.6. The molecule has 0 saturated heterocycles. The molecule has 0 aliphatic rings. The Hall–Kier alpha value is -2.89. The number of rotatable bonds is 4. The maximum atomic E-state index is 11.5. The van der Waals surface area contributed by atoms with E-state index in [1.54, 1.807) is 25.1 Å². The Kier molecular flexibility index (Phi) is 4.18. The highest BCUT2D eigenvalue weighted by atomic mass is 16.5. The fraction of sp³-hybridized carbons (Fsp3) is 0.133. The van der Waals surface area contributed by atoms with Crippen molar-refractivity contribution >= 4 is 11.9 Å². The van der Waals surface area contributed by atoms with Crippen molar-refractivity contribution in [3.8, 4) is 11.5 Å². The number of hydrogen-bond donors (Lipinski definition) is 2. The number of carbonyl (C=O) groups excluding carboxylic acids is 1. The first-order chi connectivity index (χ1) is 10.0. The van der Waals surface area contributed by atoms with Crippen molar-refractivity contribution in [3.63, 3.8) is 0 Å². The quantitative estimate of drug-likeness (QED) is 0.899. The van der Waals surface area contributed by atoms with E-state index in [9.17, 15) is 14.7 Å². The Morgan fingerprint density at radius 3 is 2.67 bits per heavy atom. The molecule has 0 bridgehead atoms. The van der Waals surface area contributed by atoms with Gasteiger partial charge >= 0.3 is 5.97 Å². The minimum absolute atomic E-state index is 0.0632. The normalized spacial score (nSPS) is 10.0. The zero-order valence-corrected chi connectivity index (χ0v) is 11.6. The molecule has 108 valence electrons. The fourth-order valence-corrected chi connectivity index (χ4v) is 1.75. The molecule has 0 fully saturated rings. The van der Waals surface area contributed by atoms with Gasteiger partial charge in [0.05, 0.1) is 0 Å². The summed E-state index contributed by atoms with van der Waals surface area (Å²) in [7, 11) is 1.50. The molecule has 0 unspecified atom stereocenters. The van der Waals surface area contributed by atoms with E-state index in [4.69, 9.17) is 4.74 Å². The summed E-state index contributed by atoms with van der Waals surface area (Å²) in [5.41, 5.74) is 1.08.